The van der Waals surface area contributed by atoms with E-state index in [4.69, 9.17) is 0 Å². The van der Waals surface area contributed by atoms with Crippen LogP contribution in [0.15, 0.2) is 60.9 Å². The van der Waals surface area contributed by atoms with Gasteiger partial charge in [0, 0.05) is 11.3 Å². The average Bonchev–Trinajstić information content (AvgIpc) is 2.98. The molecule has 0 aliphatic carbocycles. The molecule has 4 aromatic rings. The molecule has 26 heavy (non-hydrogen) atoms. The molecule has 7 heteroatoms. The van der Waals surface area contributed by atoms with Gasteiger partial charge in [0.05, 0.1) is 23.4 Å². The Morgan fingerprint density at radius 3 is 2.50 bits per heavy atom. The number of halogens is 2. The Morgan fingerprint density at radius 2 is 1.73 bits per heavy atom. The van der Waals surface area contributed by atoms with Gasteiger partial charge in [-0.25, -0.2) is 18.7 Å². The van der Waals surface area contributed by atoms with Crippen molar-refractivity contribution in [3.8, 4) is 5.82 Å². The first-order chi connectivity index (χ1) is 12.6. The Labute approximate surface area is 148 Å². The number of nitrogens with zero attached hydrogens (tertiary/aromatic N) is 4. The number of benzene rings is 2. The molecule has 0 aliphatic heterocycles. The summed E-state index contributed by atoms with van der Waals surface area (Å²) >= 11 is 0. The molecule has 0 bridgehead atoms. The van der Waals surface area contributed by atoms with Crippen molar-refractivity contribution < 1.29 is 8.78 Å². The SMILES string of the molecule is Cc1nc2ccccc2n1-c1cncc(Nc2ccc(C(F)F)cc2)n1. The van der Waals surface area contributed by atoms with Gasteiger partial charge in [-0.1, -0.05) is 24.3 Å². The number of hydrogen-bond donors (Lipinski definition) is 1. The second kappa shape index (κ2) is 6.51. The zero-order chi connectivity index (χ0) is 18.1. The second-order valence-corrected chi connectivity index (χ2v) is 5.79. The molecular formula is C19H15F2N5. The lowest BCUT2D eigenvalue weighted by Crippen LogP contribution is -2.03. The number of para-hydroxylation sites is 2. The molecule has 0 amide bonds. The minimum absolute atomic E-state index is 0.0177. The van der Waals surface area contributed by atoms with E-state index < -0.39 is 6.43 Å². The number of imidazole rings is 1. The molecule has 0 fully saturated rings. The van der Waals surface area contributed by atoms with Gasteiger partial charge < -0.3 is 5.32 Å². The maximum Gasteiger partial charge on any atom is 0.263 e. The molecule has 1 N–H and O–H groups in total. The van der Waals surface area contributed by atoms with Gasteiger partial charge >= 0.3 is 0 Å². The largest absolute Gasteiger partial charge is 0.339 e. The molecule has 2 aromatic heterocycles. The van der Waals surface area contributed by atoms with E-state index in [1.165, 1.54) is 12.1 Å². The van der Waals surface area contributed by atoms with Gasteiger partial charge in [0.15, 0.2) is 11.6 Å². The van der Waals surface area contributed by atoms with Gasteiger partial charge in [-0.3, -0.25) is 9.55 Å². The highest BCUT2D eigenvalue weighted by Gasteiger charge is 2.11. The van der Waals surface area contributed by atoms with Crippen molar-refractivity contribution >= 4 is 22.5 Å². The number of alkyl halides is 2. The van der Waals surface area contributed by atoms with Gasteiger partial charge in [0.1, 0.15) is 5.82 Å². The molecule has 0 saturated carbocycles. The predicted octanol–water partition coefficient (Wildman–Crippen LogP) is 4.81. The van der Waals surface area contributed by atoms with Crippen molar-refractivity contribution in [1.82, 2.24) is 19.5 Å². The first-order valence-corrected chi connectivity index (χ1v) is 8.03. The van der Waals surface area contributed by atoms with E-state index in [2.05, 4.69) is 20.3 Å². The van der Waals surface area contributed by atoms with E-state index >= 15 is 0 Å². The summed E-state index contributed by atoms with van der Waals surface area (Å²) in [5, 5.41) is 3.09. The molecular weight excluding hydrogens is 336 g/mol. The van der Waals surface area contributed by atoms with Crippen LogP contribution in [-0.2, 0) is 0 Å². The van der Waals surface area contributed by atoms with Crippen LogP contribution in [0.3, 0.4) is 0 Å². The smallest absolute Gasteiger partial charge is 0.263 e. The van der Waals surface area contributed by atoms with Crippen LogP contribution < -0.4 is 5.32 Å². The fraction of sp³-hybridized carbons (Fsp3) is 0.105. The number of rotatable bonds is 4. The van der Waals surface area contributed by atoms with Crippen LogP contribution >= 0.6 is 0 Å². The minimum atomic E-state index is -2.48. The van der Waals surface area contributed by atoms with Crippen LogP contribution in [-0.4, -0.2) is 19.5 Å². The molecule has 2 heterocycles. The molecule has 0 aliphatic rings. The minimum Gasteiger partial charge on any atom is -0.339 e. The number of hydrogen-bond acceptors (Lipinski definition) is 4. The number of aryl methyl sites for hydroxylation is 1. The molecule has 0 saturated heterocycles. The van der Waals surface area contributed by atoms with Crippen molar-refractivity contribution in [2.75, 3.05) is 5.32 Å². The summed E-state index contributed by atoms with van der Waals surface area (Å²) in [7, 11) is 0. The van der Waals surface area contributed by atoms with Crippen LogP contribution in [0.4, 0.5) is 20.3 Å². The molecule has 0 radical (unpaired) electrons. The van der Waals surface area contributed by atoms with Crippen molar-refractivity contribution in [2.45, 2.75) is 13.3 Å². The Hall–Kier alpha value is -3.35. The lowest BCUT2D eigenvalue weighted by Gasteiger charge is -2.10. The number of fused-ring (bicyclic) bond motifs is 1. The van der Waals surface area contributed by atoms with Crippen molar-refractivity contribution in [2.24, 2.45) is 0 Å². The van der Waals surface area contributed by atoms with Crippen LogP contribution in [0, 0.1) is 6.92 Å². The molecule has 5 nitrogen and oxygen atoms in total. The highest BCUT2D eigenvalue weighted by atomic mass is 19.3. The van der Waals surface area contributed by atoms with Crippen LogP contribution in [0.5, 0.6) is 0 Å². The summed E-state index contributed by atoms with van der Waals surface area (Å²) < 4.78 is 27.2. The van der Waals surface area contributed by atoms with Crippen molar-refractivity contribution in [3.05, 3.63) is 72.3 Å². The zero-order valence-corrected chi connectivity index (χ0v) is 13.9. The summed E-state index contributed by atoms with van der Waals surface area (Å²) in [4.78, 5) is 13.4. The summed E-state index contributed by atoms with van der Waals surface area (Å²) in [5.74, 6) is 1.95. The lowest BCUT2D eigenvalue weighted by molar-refractivity contribution is 0.151. The van der Waals surface area contributed by atoms with Crippen molar-refractivity contribution in [1.29, 1.82) is 0 Å². The highest BCUT2D eigenvalue weighted by molar-refractivity contribution is 5.77. The fourth-order valence-electron chi connectivity index (χ4n) is 2.82. The molecule has 0 spiro atoms. The Kier molecular flexibility index (Phi) is 4.04. The lowest BCUT2D eigenvalue weighted by atomic mass is 10.2. The summed E-state index contributed by atoms with van der Waals surface area (Å²) in [6.45, 7) is 1.91. The standard InChI is InChI=1S/C19H15F2N5/c1-12-23-15-4-2-3-5-16(15)26(12)18-11-22-10-17(25-18)24-14-8-6-13(7-9-14)19(20)21/h2-11,19H,1H3,(H,24,25). The van der Waals surface area contributed by atoms with Crippen LogP contribution in [0.2, 0.25) is 0 Å². The number of nitrogens with one attached hydrogen (secondary N) is 1. The first-order valence-electron chi connectivity index (χ1n) is 8.03. The van der Waals surface area contributed by atoms with Crippen LogP contribution in [0.25, 0.3) is 16.9 Å². The van der Waals surface area contributed by atoms with Gasteiger partial charge in [-0.2, -0.15) is 0 Å². The summed E-state index contributed by atoms with van der Waals surface area (Å²) in [5.41, 5.74) is 2.47. The van der Waals surface area contributed by atoms with Gasteiger partial charge in [0.25, 0.3) is 6.43 Å². The average molecular weight is 351 g/mol. The zero-order valence-electron chi connectivity index (χ0n) is 13.9. The van der Waals surface area contributed by atoms with Crippen molar-refractivity contribution in [3.63, 3.8) is 0 Å². The highest BCUT2D eigenvalue weighted by Crippen LogP contribution is 2.23. The van der Waals surface area contributed by atoms with E-state index in [1.807, 2.05) is 35.8 Å². The third-order valence-electron chi connectivity index (χ3n) is 4.01. The molecule has 0 atom stereocenters. The number of anilines is 2. The third-order valence-corrected chi connectivity index (χ3v) is 4.01. The third kappa shape index (κ3) is 2.99. The van der Waals surface area contributed by atoms with Gasteiger partial charge in [-0.05, 0) is 31.2 Å². The fourth-order valence-corrected chi connectivity index (χ4v) is 2.82. The van der Waals surface area contributed by atoms with Gasteiger partial charge in [-0.15, -0.1) is 0 Å². The van der Waals surface area contributed by atoms with Gasteiger partial charge in [0.2, 0.25) is 0 Å². The first kappa shape index (κ1) is 16.1. The van der Waals surface area contributed by atoms with E-state index in [-0.39, 0.29) is 5.56 Å². The molecule has 0 unspecified atom stereocenters. The summed E-state index contributed by atoms with van der Waals surface area (Å²) in [6, 6.07) is 13.8. The topological polar surface area (TPSA) is 55.6 Å². The monoisotopic (exact) mass is 351 g/mol. The Balaban J connectivity index is 1.67. The molecule has 2 aromatic carbocycles. The summed E-state index contributed by atoms with van der Waals surface area (Å²) in [6.07, 6.45) is 0.759. The molecule has 130 valence electrons. The normalized spacial score (nSPS) is 11.2. The van der Waals surface area contributed by atoms with Crippen LogP contribution in [0.1, 0.15) is 17.8 Å². The van der Waals surface area contributed by atoms with E-state index in [1.54, 1.807) is 24.5 Å². The quantitative estimate of drug-likeness (QED) is 0.573. The van der Waals surface area contributed by atoms with E-state index in [9.17, 15) is 8.78 Å². The molecule has 4 rings (SSSR count). The van der Waals surface area contributed by atoms with E-state index in [0.29, 0.717) is 17.3 Å². The maximum atomic E-state index is 12.6. The maximum absolute atomic E-state index is 12.6. The van der Waals surface area contributed by atoms with E-state index in [0.717, 1.165) is 16.9 Å². The Bertz CT molecular complexity index is 1060. The predicted molar refractivity (Wildman–Crippen MR) is 96.1 cm³/mol. The Morgan fingerprint density at radius 1 is 0.962 bits per heavy atom. The second-order valence-electron chi connectivity index (χ2n) is 5.79. The number of aromatic nitrogens is 4.